The van der Waals surface area contributed by atoms with Crippen LogP contribution in [0.4, 0.5) is 11.4 Å². The highest BCUT2D eigenvalue weighted by Gasteiger charge is 2.20. The van der Waals surface area contributed by atoms with Crippen LogP contribution >= 0.6 is 0 Å². The second kappa shape index (κ2) is 5.39. The largest absolute Gasteiger partial charge is 0.397 e. The Bertz CT molecular complexity index is 471. The fraction of sp³-hybridized carbons (Fsp3) is 0.333. The molecule has 1 atom stereocenters. The number of hydrogen-bond acceptors (Lipinski definition) is 4. The van der Waals surface area contributed by atoms with Crippen LogP contribution in [0.3, 0.4) is 0 Å². The van der Waals surface area contributed by atoms with Gasteiger partial charge in [-0.25, -0.2) is 0 Å². The van der Waals surface area contributed by atoms with E-state index in [9.17, 15) is 9.59 Å². The number of benzene rings is 1. The summed E-state index contributed by atoms with van der Waals surface area (Å²) in [5.74, 6) is -0.982. The molecular weight excluding hydrogens is 232 g/mol. The van der Waals surface area contributed by atoms with Crippen molar-refractivity contribution in [1.82, 2.24) is 0 Å². The van der Waals surface area contributed by atoms with Gasteiger partial charge in [-0.05, 0) is 24.1 Å². The molecule has 7 N–H and O–H groups in total. The minimum absolute atomic E-state index is 0.0257. The van der Waals surface area contributed by atoms with Gasteiger partial charge in [-0.3, -0.25) is 9.59 Å². The van der Waals surface area contributed by atoms with Gasteiger partial charge in [0, 0.05) is 5.56 Å². The summed E-state index contributed by atoms with van der Waals surface area (Å²) in [6, 6.07) is 4.09. The Hall–Kier alpha value is -2.24. The van der Waals surface area contributed by atoms with Crippen molar-refractivity contribution in [2.24, 2.45) is 17.4 Å². The molecule has 0 radical (unpaired) electrons. The zero-order valence-corrected chi connectivity index (χ0v) is 10.4. The third-order valence-corrected chi connectivity index (χ3v) is 2.62. The maximum absolute atomic E-state index is 11.3. The lowest BCUT2D eigenvalue weighted by Gasteiger charge is -2.21. The molecule has 1 rings (SSSR count). The molecule has 6 nitrogen and oxygen atoms in total. The molecular formula is C12H18N4O2. The maximum Gasteiger partial charge on any atom is 0.248 e. The van der Waals surface area contributed by atoms with E-state index in [0.29, 0.717) is 16.9 Å². The Labute approximate surface area is 106 Å². The van der Waals surface area contributed by atoms with Crippen LogP contribution in [0.2, 0.25) is 0 Å². The first kappa shape index (κ1) is 13.8. The van der Waals surface area contributed by atoms with E-state index in [0.717, 1.165) is 0 Å². The summed E-state index contributed by atoms with van der Waals surface area (Å²) in [4.78, 5) is 22.3. The Morgan fingerprint density at radius 1 is 1.22 bits per heavy atom. The van der Waals surface area contributed by atoms with Gasteiger partial charge in [-0.15, -0.1) is 0 Å². The molecule has 1 aromatic carbocycles. The molecule has 0 aromatic heterocycles. The minimum Gasteiger partial charge on any atom is -0.397 e. The van der Waals surface area contributed by atoms with Crippen molar-refractivity contribution in [3.63, 3.8) is 0 Å². The first-order valence-electron chi connectivity index (χ1n) is 5.58. The molecule has 0 aliphatic heterocycles. The van der Waals surface area contributed by atoms with Gasteiger partial charge in [0.25, 0.3) is 0 Å². The van der Waals surface area contributed by atoms with E-state index in [1.165, 1.54) is 6.07 Å². The van der Waals surface area contributed by atoms with Gasteiger partial charge in [-0.2, -0.15) is 0 Å². The van der Waals surface area contributed by atoms with Crippen molar-refractivity contribution in [1.29, 1.82) is 0 Å². The summed E-state index contributed by atoms with van der Waals surface area (Å²) in [5.41, 5.74) is 17.4. The molecule has 98 valence electrons. The van der Waals surface area contributed by atoms with E-state index in [2.05, 4.69) is 5.32 Å². The third-order valence-electron chi connectivity index (χ3n) is 2.62. The molecule has 1 unspecified atom stereocenters. The van der Waals surface area contributed by atoms with Gasteiger partial charge in [0.15, 0.2) is 0 Å². The standard InChI is InChI=1S/C12H18N4O2/c1-6(2)10(12(15)18)16-9-4-3-7(11(14)17)5-8(9)13/h3-6,10,16H,13H2,1-2H3,(H2,14,17)(H2,15,18). The molecule has 0 bridgehead atoms. The number of hydrogen-bond donors (Lipinski definition) is 4. The van der Waals surface area contributed by atoms with E-state index in [4.69, 9.17) is 17.2 Å². The van der Waals surface area contributed by atoms with Crippen molar-refractivity contribution in [2.45, 2.75) is 19.9 Å². The number of nitrogens with two attached hydrogens (primary N) is 3. The SMILES string of the molecule is CC(C)C(Nc1ccc(C(N)=O)cc1N)C(N)=O. The molecule has 0 saturated carbocycles. The topological polar surface area (TPSA) is 124 Å². The Morgan fingerprint density at radius 2 is 1.83 bits per heavy atom. The van der Waals surface area contributed by atoms with Gasteiger partial charge < -0.3 is 22.5 Å². The highest BCUT2D eigenvalue weighted by Crippen LogP contribution is 2.22. The molecule has 0 aliphatic carbocycles. The summed E-state index contributed by atoms with van der Waals surface area (Å²) in [6.07, 6.45) is 0. The lowest BCUT2D eigenvalue weighted by molar-refractivity contribution is -0.119. The van der Waals surface area contributed by atoms with Crippen molar-refractivity contribution in [3.05, 3.63) is 23.8 Å². The summed E-state index contributed by atoms with van der Waals surface area (Å²) < 4.78 is 0. The van der Waals surface area contributed by atoms with E-state index in [-0.39, 0.29) is 5.92 Å². The Kier molecular flexibility index (Phi) is 4.14. The molecule has 0 fully saturated rings. The summed E-state index contributed by atoms with van der Waals surface area (Å²) in [5, 5.41) is 2.96. The number of anilines is 2. The van der Waals surface area contributed by atoms with Crippen LogP contribution in [0.15, 0.2) is 18.2 Å². The number of amides is 2. The summed E-state index contributed by atoms with van der Waals surface area (Å²) in [7, 11) is 0. The Morgan fingerprint density at radius 3 is 2.22 bits per heavy atom. The smallest absolute Gasteiger partial charge is 0.248 e. The molecule has 6 heteroatoms. The molecule has 0 aliphatic rings. The molecule has 0 heterocycles. The van der Waals surface area contributed by atoms with E-state index in [1.807, 2.05) is 13.8 Å². The van der Waals surface area contributed by atoms with Crippen molar-refractivity contribution in [2.75, 3.05) is 11.1 Å². The molecule has 1 aromatic rings. The van der Waals surface area contributed by atoms with Crippen molar-refractivity contribution >= 4 is 23.2 Å². The first-order valence-corrected chi connectivity index (χ1v) is 5.58. The van der Waals surface area contributed by atoms with Gasteiger partial charge in [0.05, 0.1) is 11.4 Å². The van der Waals surface area contributed by atoms with E-state index < -0.39 is 17.9 Å². The van der Waals surface area contributed by atoms with Crippen molar-refractivity contribution in [3.8, 4) is 0 Å². The summed E-state index contributed by atoms with van der Waals surface area (Å²) in [6.45, 7) is 3.74. The fourth-order valence-electron chi connectivity index (χ4n) is 1.58. The second-order valence-electron chi connectivity index (χ2n) is 4.43. The maximum atomic E-state index is 11.3. The molecule has 18 heavy (non-hydrogen) atoms. The zero-order valence-electron chi connectivity index (χ0n) is 10.4. The van der Waals surface area contributed by atoms with Gasteiger partial charge in [0.2, 0.25) is 11.8 Å². The predicted molar refractivity (Wildman–Crippen MR) is 70.8 cm³/mol. The van der Waals surface area contributed by atoms with Crippen LogP contribution in [0.5, 0.6) is 0 Å². The first-order chi connectivity index (χ1) is 8.32. The number of primary amides is 2. The van der Waals surface area contributed by atoms with Gasteiger partial charge in [0.1, 0.15) is 6.04 Å². The minimum atomic E-state index is -0.552. The normalized spacial score (nSPS) is 12.2. The Balaban J connectivity index is 2.97. The van der Waals surface area contributed by atoms with Crippen LogP contribution in [-0.4, -0.2) is 17.9 Å². The van der Waals surface area contributed by atoms with Crippen LogP contribution < -0.4 is 22.5 Å². The van der Waals surface area contributed by atoms with Crippen LogP contribution in [0, 0.1) is 5.92 Å². The number of nitrogens with one attached hydrogen (secondary N) is 1. The van der Waals surface area contributed by atoms with Gasteiger partial charge in [-0.1, -0.05) is 13.8 Å². The number of nitrogen functional groups attached to an aromatic ring is 1. The average Bonchev–Trinajstić information content (AvgIpc) is 2.25. The number of carbonyl (C=O) groups excluding carboxylic acids is 2. The third kappa shape index (κ3) is 3.13. The zero-order chi connectivity index (χ0) is 13.9. The van der Waals surface area contributed by atoms with Crippen LogP contribution in [0.25, 0.3) is 0 Å². The highest BCUT2D eigenvalue weighted by molar-refractivity contribution is 5.95. The average molecular weight is 250 g/mol. The number of carbonyl (C=O) groups is 2. The highest BCUT2D eigenvalue weighted by atomic mass is 16.1. The number of rotatable bonds is 5. The second-order valence-corrected chi connectivity index (χ2v) is 4.43. The monoisotopic (exact) mass is 250 g/mol. The van der Waals surface area contributed by atoms with Gasteiger partial charge >= 0.3 is 0 Å². The molecule has 0 spiro atoms. The molecule has 0 saturated heterocycles. The van der Waals surface area contributed by atoms with Crippen LogP contribution in [0.1, 0.15) is 24.2 Å². The lowest BCUT2D eigenvalue weighted by Crippen LogP contribution is -2.39. The quantitative estimate of drug-likeness (QED) is 0.560. The van der Waals surface area contributed by atoms with Crippen LogP contribution in [-0.2, 0) is 4.79 Å². The lowest BCUT2D eigenvalue weighted by atomic mass is 10.0. The molecule has 2 amide bonds. The van der Waals surface area contributed by atoms with Crippen molar-refractivity contribution < 1.29 is 9.59 Å². The summed E-state index contributed by atoms with van der Waals surface area (Å²) >= 11 is 0. The van der Waals surface area contributed by atoms with E-state index >= 15 is 0 Å². The fourth-order valence-corrected chi connectivity index (χ4v) is 1.58. The predicted octanol–water partition coefficient (Wildman–Crippen LogP) is 0.290. The van der Waals surface area contributed by atoms with E-state index in [1.54, 1.807) is 12.1 Å².